The minimum atomic E-state index is -0.294. The van der Waals surface area contributed by atoms with Crippen LogP contribution in [0.4, 0.5) is 0 Å². The number of para-hydroxylation sites is 1. The predicted octanol–water partition coefficient (Wildman–Crippen LogP) is 2.52. The Balaban J connectivity index is 2.12. The van der Waals surface area contributed by atoms with E-state index in [-0.39, 0.29) is 5.97 Å². The van der Waals surface area contributed by atoms with Crippen molar-refractivity contribution in [3.8, 4) is 5.75 Å². The van der Waals surface area contributed by atoms with Gasteiger partial charge < -0.3 is 9.30 Å². The number of nitrogens with zero attached hydrogens (tertiary/aromatic N) is 2. The molecule has 4 heteroatoms. The summed E-state index contributed by atoms with van der Waals surface area (Å²) in [7, 11) is 4.00. The van der Waals surface area contributed by atoms with Crippen LogP contribution in [0.2, 0.25) is 0 Å². The molecule has 0 bridgehead atoms. The zero-order valence-corrected chi connectivity index (χ0v) is 13.0. The lowest BCUT2D eigenvalue weighted by Crippen LogP contribution is -2.26. The summed E-state index contributed by atoms with van der Waals surface area (Å²) in [6.07, 6.45) is 4.75. The average molecular weight is 295 g/mol. The molecular weight excluding hydrogens is 276 g/mol. The zero-order chi connectivity index (χ0) is 15.7. The van der Waals surface area contributed by atoms with Crippen LogP contribution in [-0.2, 0) is 25.3 Å². The Morgan fingerprint density at radius 3 is 2.55 bits per heavy atom. The monoisotopic (exact) mass is 295 g/mol. The number of aromatic nitrogens is 2. The van der Waals surface area contributed by atoms with E-state index in [2.05, 4.69) is 16.7 Å². The summed E-state index contributed by atoms with van der Waals surface area (Å²) < 4.78 is 9.61. The molecule has 1 aromatic carbocycles. The highest BCUT2D eigenvalue weighted by Crippen LogP contribution is 2.34. The van der Waals surface area contributed by atoms with E-state index in [4.69, 9.17) is 4.74 Å². The Morgan fingerprint density at radius 2 is 1.86 bits per heavy atom. The Hall–Kier alpha value is -2.62. The second kappa shape index (κ2) is 5.64. The molecule has 3 rings (SSSR count). The van der Waals surface area contributed by atoms with Crippen LogP contribution in [0.25, 0.3) is 10.9 Å². The van der Waals surface area contributed by atoms with Gasteiger partial charge in [0.05, 0.1) is 11.2 Å². The van der Waals surface area contributed by atoms with E-state index >= 15 is 0 Å². The summed E-state index contributed by atoms with van der Waals surface area (Å²) in [5, 5.41) is 0.969. The minimum Gasteiger partial charge on any atom is -0.424 e. The molecule has 0 unspecified atom stereocenters. The van der Waals surface area contributed by atoms with E-state index < -0.39 is 0 Å². The number of rotatable bonds is 3. The van der Waals surface area contributed by atoms with Crippen LogP contribution in [0.5, 0.6) is 5.75 Å². The summed E-state index contributed by atoms with van der Waals surface area (Å²) in [4.78, 5) is 11.5. The zero-order valence-electron chi connectivity index (χ0n) is 13.0. The smallest absolute Gasteiger partial charge is 0.308 e. The van der Waals surface area contributed by atoms with Crippen molar-refractivity contribution in [2.45, 2.75) is 13.3 Å². The van der Waals surface area contributed by atoms with Gasteiger partial charge in [0, 0.05) is 37.9 Å². The van der Waals surface area contributed by atoms with Gasteiger partial charge in [0.2, 0.25) is 0 Å². The fourth-order valence-electron chi connectivity index (χ4n) is 2.71. The number of hydrogen-bond donors (Lipinski definition) is 0. The summed E-state index contributed by atoms with van der Waals surface area (Å²) in [6, 6.07) is 12.1. The molecule has 0 aliphatic heterocycles. The van der Waals surface area contributed by atoms with E-state index in [0.717, 1.165) is 16.6 Å². The number of esters is 1. The van der Waals surface area contributed by atoms with Gasteiger partial charge >= 0.3 is 5.97 Å². The van der Waals surface area contributed by atoms with Crippen LogP contribution in [0.15, 0.2) is 48.8 Å². The fourth-order valence-corrected chi connectivity index (χ4v) is 2.71. The van der Waals surface area contributed by atoms with Crippen molar-refractivity contribution in [3.05, 3.63) is 60.0 Å². The van der Waals surface area contributed by atoms with E-state index in [1.807, 2.05) is 55.3 Å². The Morgan fingerprint density at radius 1 is 1.18 bits per heavy atom. The molecule has 0 aliphatic carbocycles. The van der Waals surface area contributed by atoms with Gasteiger partial charge in [0.1, 0.15) is 7.05 Å². The molecule has 0 spiro atoms. The van der Waals surface area contributed by atoms with Gasteiger partial charge in [0.15, 0.2) is 18.1 Å². The predicted molar refractivity (Wildman–Crippen MR) is 84.7 cm³/mol. The summed E-state index contributed by atoms with van der Waals surface area (Å²) >= 11 is 0. The molecule has 0 fully saturated rings. The van der Waals surface area contributed by atoms with E-state index in [1.54, 1.807) is 0 Å². The molecule has 22 heavy (non-hydrogen) atoms. The Labute approximate surface area is 129 Å². The topological polar surface area (TPSA) is 35.1 Å². The first-order chi connectivity index (χ1) is 10.6. The maximum Gasteiger partial charge on any atom is 0.308 e. The molecule has 0 aliphatic rings. The highest BCUT2D eigenvalue weighted by Gasteiger charge is 2.18. The number of aryl methyl sites for hydroxylation is 2. The van der Waals surface area contributed by atoms with Gasteiger partial charge in [-0.25, -0.2) is 4.57 Å². The molecule has 0 saturated carbocycles. The molecule has 3 aromatic rings. The maximum absolute atomic E-state index is 11.5. The maximum atomic E-state index is 11.5. The molecule has 2 heterocycles. The second-order valence-corrected chi connectivity index (χ2v) is 5.49. The summed E-state index contributed by atoms with van der Waals surface area (Å²) in [6.45, 7) is 1.44. The molecule has 0 radical (unpaired) electrons. The van der Waals surface area contributed by atoms with Gasteiger partial charge in [0.25, 0.3) is 0 Å². The lowest BCUT2D eigenvalue weighted by atomic mass is 10.1. The number of fused-ring (bicyclic) bond motifs is 1. The van der Waals surface area contributed by atoms with Crippen LogP contribution in [0.3, 0.4) is 0 Å². The second-order valence-electron chi connectivity index (χ2n) is 5.49. The lowest BCUT2D eigenvalue weighted by molar-refractivity contribution is -0.671. The SMILES string of the molecule is CC(=O)Oc1c(Cc2cc[n+](C)cc2)n(C)c2ccccc12. The van der Waals surface area contributed by atoms with Crippen LogP contribution in [0, 0.1) is 0 Å². The van der Waals surface area contributed by atoms with Crippen molar-refractivity contribution in [3.63, 3.8) is 0 Å². The van der Waals surface area contributed by atoms with Crippen LogP contribution < -0.4 is 9.30 Å². The third-order valence-corrected chi connectivity index (χ3v) is 3.84. The normalized spacial score (nSPS) is 10.9. The Bertz CT molecular complexity index is 832. The summed E-state index contributed by atoms with van der Waals surface area (Å²) in [5.41, 5.74) is 3.25. The lowest BCUT2D eigenvalue weighted by Gasteiger charge is -2.07. The molecule has 0 amide bonds. The quantitative estimate of drug-likeness (QED) is 0.550. The standard InChI is InChI=1S/C18H19N2O2/c1-13(21)22-18-15-6-4-5-7-16(15)20(3)17(18)12-14-8-10-19(2)11-9-14/h4-11H,12H2,1-3H3/q+1. The number of hydrogen-bond acceptors (Lipinski definition) is 2. The fraction of sp³-hybridized carbons (Fsp3) is 0.222. The van der Waals surface area contributed by atoms with Gasteiger partial charge in [-0.3, -0.25) is 4.79 Å². The van der Waals surface area contributed by atoms with Gasteiger partial charge in [-0.05, 0) is 17.7 Å². The minimum absolute atomic E-state index is 0.294. The van der Waals surface area contributed by atoms with Crippen molar-refractivity contribution in [2.24, 2.45) is 14.1 Å². The van der Waals surface area contributed by atoms with Crippen LogP contribution >= 0.6 is 0 Å². The third-order valence-electron chi connectivity index (χ3n) is 3.84. The van der Waals surface area contributed by atoms with Crippen molar-refractivity contribution < 1.29 is 14.1 Å². The number of ether oxygens (including phenoxy) is 1. The van der Waals surface area contributed by atoms with Gasteiger partial charge in [-0.2, -0.15) is 0 Å². The van der Waals surface area contributed by atoms with Crippen molar-refractivity contribution in [2.75, 3.05) is 0 Å². The molecule has 2 aromatic heterocycles. The molecule has 112 valence electrons. The largest absolute Gasteiger partial charge is 0.424 e. The molecular formula is C18H19N2O2+. The molecule has 0 N–H and O–H groups in total. The van der Waals surface area contributed by atoms with E-state index in [1.165, 1.54) is 12.5 Å². The number of pyridine rings is 1. The first-order valence-corrected chi connectivity index (χ1v) is 7.25. The Kier molecular flexibility index (Phi) is 3.67. The first kappa shape index (κ1) is 14.3. The average Bonchev–Trinajstić information content (AvgIpc) is 2.75. The van der Waals surface area contributed by atoms with Crippen molar-refractivity contribution >= 4 is 16.9 Å². The van der Waals surface area contributed by atoms with Gasteiger partial charge in [-0.1, -0.05) is 12.1 Å². The first-order valence-electron chi connectivity index (χ1n) is 7.25. The number of carbonyl (C=O) groups excluding carboxylic acids is 1. The van der Waals surface area contributed by atoms with Crippen LogP contribution in [-0.4, -0.2) is 10.5 Å². The summed E-state index contributed by atoms with van der Waals surface area (Å²) in [5.74, 6) is 0.371. The highest BCUT2D eigenvalue weighted by atomic mass is 16.5. The van der Waals surface area contributed by atoms with Crippen molar-refractivity contribution in [1.82, 2.24) is 4.57 Å². The highest BCUT2D eigenvalue weighted by molar-refractivity contribution is 5.91. The molecule has 0 atom stereocenters. The van der Waals surface area contributed by atoms with E-state index in [0.29, 0.717) is 12.2 Å². The van der Waals surface area contributed by atoms with Crippen molar-refractivity contribution in [1.29, 1.82) is 0 Å². The molecule has 4 nitrogen and oxygen atoms in total. The van der Waals surface area contributed by atoms with Crippen LogP contribution in [0.1, 0.15) is 18.2 Å². The molecule has 0 saturated heterocycles. The third kappa shape index (κ3) is 2.60. The number of benzene rings is 1. The van der Waals surface area contributed by atoms with E-state index in [9.17, 15) is 4.79 Å². The van der Waals surface area contributed by atoms with Gasteiger partial charge in [-0.15, -0.1) is 0 Å². The number of carbonyl (C=O) groups is 1.